The summed E-state index contributed by atoms with van der Waals surface area (Å²) in [7, 11) is 0. The van der Waals surface area contributed by atoms with Gasteiger partial charge in [-0.2, -0.15) is 0 Å². The number of carbonyl (C=O) groups is 1. The van der Waals surface area contributed by atoms with Crippen molar-refractivity contribution in [3.05, 3.63) is 52.0 Å². The number of Topliss-reactive ketones (excluding diaryl/α,β-unsaturated/α-hetero) is 1. The minimum Gasteiger partial charge on any atom is -0.398 e. The molecule has 0 aliphatic heterocycles. The monoisotopic (exact) mass is 318 g/mol. The lowest BCUT2D eigenvalue weighted by Crippen LogP contribution is -2.00. The number of nitrogens with one attached hydrogen (secondary N) is 1. The normalized spacial score (nSPS) is 10.3. The molecule has 0 saturated carbocycles. The van der Waals surface area contributed by atoms with Gasteiger partial charge >= 0.3 is 0 Å². The Morgan fingerprint density at radius 2 is 1.79 bits per heavy atom. The summed E-state index contributed by atoms with van der Waals surface area (Å²) in [6.45, 7) is 3.55. The number of nitrogens with two attached hydrogens (primary N) is 1. The van der Waals surface area contributed by atoms with E-state index in [9.17, 15) is 4.79 Å². The predicted octanol–water partition coefficient (Wildman–Crippen LogP) is 4.29. The maximum Gasteiger partial charge on any atom is 0.161 e. The summed E-state index contributed by atoms with van der Waals surface area (Å²) in [4.78, 5) is 11.3. The van der Waals surface area contributed by atoms with Crippen molar-refractivity contribution in [1.82, 2.24) is 0 Å². The van der Waals surface area contributed by atoms with Crippen LogP contribution in [-0.4, -0.2) is 5.78 Å². The zero-order valence-corrected chi connectivity index (χ0v) is 12.4. The van der Waals surface area contributed by atoms with Crippen molar-refractivity contribution in [2.45, 2.75) is 13.8 Å². The van der Waals surface area contributed by atoms with Gasteiger partial charge in [-0.25, -0.2) is 0 Å². The minimum absolute atomic E-state index is 0.0258. The summed E-state index contributed by atoms with van der Waals surface area (Å²) in [5, 5.41) is 3.26. The Hall–Kier alpha value is -1.81. The summed E-state index contributed by atoms with van der Waals surface area (Å²) < 4.78 is 1.05. The molecule has 4 heteroatoms. The van der Waals surface area contributed by atoms with Crippen LogP contribution in [0.5, 0.6) is 0 Å². The Morgan fingerprint density at radius 1 is 1.16 bits per heavy atom. The van der Waals surface area contributed by atoms with E-state index in [0.29, 0.717) is 11.3 Å². The third kappa shape index (κ3) is 3.15. The maximum absolute atomic E-state index is 11.3. The van der Waals surface area contributed by atoms with E-state index in [4.69, 9.17) is 5.73 Å². The van der Waals surface area contributed by atoms with E-state index < -0.39 is 0 Å². The number of hydrogen-bond donors (Lipinski definition) is 2. The molecule has 3 N–H and O–H groups in total. The SMILES string of the molecule is CC(=O)c1ccc(Nc2ccc(C)c(Br)c2)cc1N. The van der Waals surface area contributed by atoms with Crippen LogP contribution in [0.25, 0.3) is 0 Å². The van der Waals surface area contributed by atoms with Crippen molar-refractivity contribution in [3.63, 3.8) is 0 Å². The van der Waals surface area contributed by atoms with E-state index in [1.807, 2.05) is 31.2 Å². The molecule has 0 bridgehead atoms. The zero-order valence-electron chi connectivity index (χ0n) is 10.8. The summed E-state index contributed by atoms with van der Waals surface area (Å²) >= 11 is 3.50. The molecule has 0 heterocycles. The lowest BCUT2D eigenvalue weighted by Gasteiger charge is -2.10. The first-order chi connectivity index (χ1) is 8.97. The van der Waals surface area contributed by atoms with E-state index in [1.165, 1.54) is 12.5 Å². The second-order valence-electron chi connectivity index (χ2n) is 4.45. The first kappa shape index (κ1) is 13.6. The average Bonchev–Trinajstić information content (AvgIpc) is 2.33. The number of anilines is 3. The van der Waals surface area contributed by atoms with Gasteiger partial charge in [0, 0.05) is 27.1 Å². The van der Waals surface area contributed by atoms with E-state index >= 15 is 0 Å². The molecule has 0 aromatic heterocycles. The van der Waals surface area contributed by atoms with Gasteiger partial charge in [-0.05, 0) is 49.7 Å². The van der Waals surface area contributed by atoms with Gasteiger partial charge in [-0.1, -0.05) is 22.0 Å². The molecular weight excluding hydrogens is 304 g/mol. The smallest absolute Gasteiger partial charge is 0.161 e. The largest absolute Gasteiger partial charge is 0.398 e. The molecule has 0 unspecified atom stereocenters. The van der Waals surface area contributed by atoms with Crippen LogP contribution in [0.1, 0.15) is 22.8 Å². The van der Waals surface area contributed by atoms with Gasteiger partial charge < -0.3 is 11.1 Å². The van der Waals surface area contributed by atoms with Gasteiger partial charge in [0.1, 0.15) is 0 Å². The number of carbonyl (C=O) groups excluding carboxylic acids is 1. The van der Waals surface area contributed by atoms with Crippen LogP contribution in [0.3, 0.4) is 0 Å². The fraction of sp³-hybridized carbons (Fsp3) is 0.133. The third-order valence-electron chi connectivity index (χ3n) is 2.89. The van der Waals surface area contributed by atoms with Crippen molar-refractivity contribution in [2.24, 2.45) is 0 Å². The molecule has 19 heavy (non-hydrogen) atoms. The van der Waals surface area contributed by atoms with Crippen molar-refractivity contribution in [1.29, 1.82) is 0 Å². The van der Waals surface area contributed by atoms with Crippen LogP contribution in [-0.2, 0) is 0 Å². The van der Waals surface area contributed by atoms with E-state index in [1.54, 1.807) is 12.1 Å². The van der Waals surface area contributed by atoms with Gasteiger partial charge in [-0.15, -0.1) is 0 Å². The fourth-order valence-corrected chi connectivity index (χ4v) is 2.18. The molecule has 0 spiro atoms. The average molecular weight is 319 g/mol. The molecule has 0 aliphatic carbocycles. The van der Waals surface area contributed by atoms with Crippen molar-refractivity contribution in [3.8, 4) is 0 Å². The number of benzene rings is 2. The van der Waals surface area contributed by atoms with Crippen LogP contribution in [0, 0.1) is 6.92 Å². The Morgan fingerprint density at radius 3 is 2.37 bits per heavy atom. The molecular formula is C15H15BrN2O. The number of ketones is 1. The van der Waals surface area contributed by atoms with Gasteiger partial charge in [0.2, 0.25) is 0 Å². The Balaban J connectivity index is 2.26. The molecule has 0 atom stereocenters. The summed E-state index contributed by atoms with van der Waals surface area (Å²) in [5.41, 5.74) is 9.90. The summed E-state index contributed by atoms with van der Waals surface area (Å²) in [5.74, 6) is -0.0258. The highest BCUT2D eigenvalue weighted by Gasteiger charge is 2.05. The first-order valence-electron chi connectivity index (χ1n) is 5.91. The zero-order chi connectivity index (χ0) is 14.0. The van der Waals surface area contributed by atoms with E-state index in [2.05, 4.69) is 21.2 Å². The highest BCUT2D eigenvalue weighted by molar-refractivity contribution is 9.10. The lowest BCUT2D eigenvalue weighted by atomic mass is 10.1. The van der Waals surface area contributed by atoms with Gasteiger partial charge in [-0.3, -0.25) is 4.79 Å². The van der Waals surface area contributed by atoms with Gasteiger partial charge in [0.15, 0.2) is 5.78 Å². The Labute approximate surface area is 121 Å². The second kappa shape index (κ2) is 5.45. The predicted molar refractivity (Wildman–Crippen MR) is 83.0 cm³/mol. The molecule has 2 rings (SSSR count). The van der Waals surface area contributed by atoms with Crippen LogP contribution in [0.2, 0.25) is 0 Å². The second-order valence-corrected chi connectivity index (χ2v) is 5.30. The number of hydrogen-bond acceptors (Lipinski definition) is 3. The third-order valence-corrected chi connectivity index (χ3v) is 3.75. The first-order valence-corrected chi connectivity index (χ1v) is 6.70. The van der Waals surface area contributed by atoms with Crippen molar-refractivity contribution in [2.75, 3.05) is 11.1 Å². The molecule has 2 aromatic rings. The quantitative estimate of drug-likeness (QED) is 0.655. The van der Waals surface area contributed by atoms with Gasteiger partial charge in [0.05, 0.1) is 0 Å². The fourth-order valence-electron chi connectivity index (χ4n) is 1.80. The highest BCUT2D eigenvalue weighted by Crippen LogP contribution is 2.25. The lowest BCUT2D eigenvalue weighted by molar-refractivity contribution is 0.101. The summed E-state index contributed by atoms with van der Waals surface area (Å²) in [6.07, 6.45) is 0. The van der Waals surface area contributed by atoms with Crippen LogP contribution in [0.4, 0.5) is 17.1 Å². The number of aryl methyl sites for hydroxylation is 1. The van der Waals surface area contributed by atoms with E-state index in [-0.39, 0.29) is 5.78 Å². The minimum atomic E-state index is -0.0258. The van der Waals surface area contributed by atoms with Crippen LogP contribution >= 0.6 is 15.9 Å². The maximum atomic E-state index is 11.3. The summed E-state index contributed by atoms with van der Waals surface area (Å²) in [6, 6.07) is 11.4. The van der Waals surface area contributed by atoms with E-state index in [0.717, 1.165) is 15.8 Å². The molecule has 3 nitrogen and oxygen atoms in total. The molecule has 0 saturated heterocycles. The molecule has 0 amide bonds. The highest BCUT2D eigenvalue weighted by atomic mass is 79.9. The van der Waals surface area contributed by atoms with Gasteiger partial charge in [0.25, 0.3) is 0 Å². The molecule has 0 radical (unpaired) electrons. The molecule has 2 aromatic carbocycles. The number of nitrogen functional groups attached to an aromatic ring is 1. The van der Waals surface area contributed by atoms with Crippen LogP contribution < -0.4 is 11.1 Å². The van der Waals surface area contributed by atoms with Crippen molar-refractivity contribution >= 4 is 38.8 Å². The van der Waals surface area contributed by atoms with Crippen molar-refractivity contribution < 1.29 is 4.79 Å². The topological polar surface area (TPSA) is 55.1 Å². The molecule has 98 valence electrons. The van der Waals surface area contributed by atoms with Crippen LogP contribution in [0.15, 0.2) is 40.9 Å². The standard InChI is InChI=1S/C15H15BrN2O/c1-9-3-4-11(7-14(9)16)18-12-5-6-13(10(2)19)15(17)8-12/h3-8,18H,17H2,1-2H3. The Kier molecular flexibility index (Phi) is 3.90. The Bertz CT molecular complexity index is 638. The molecule has 0 aliphatic rings. The molecule has 0 fully saturated rings. The number of rotatable bonds is 3. The number of halogens is 1.